The van der Waals surface area contributed by atoms with Crippen LogP contribution in [0.2, 0.25) is 5.02 Å². The third-order valence-corrected chi connectivity index (χ3v) is 4.37. The minimum atomic E-state index is -0.653. The summed E-state index contributed by atoms with van der Waals surface area (Å²) in [5, 5.41) is 0.663. The van der Waals surface area contributed by atoms with Gasteiger partial charge in [0.2, 0.25) is 0 Å². The maximum atomic E-state index is 12.5. The molecule has 2 rings (SSSR count). The Balaban J connectivity index is 2.29. The van der Waals surface area contributed by atoms with Crippen molar-refractivity contribution in [3.05, 3.63) is 40.4 Å². The van der Waals surface area contributed by atoms with Gasteiger partial charge in [-0.05, 0) is 75.8 Å². The van der Waals surface area contributed by atoms with Crippen LogP contribution in [0.15, 0.2) is 29.8 Å². The van der Waals surface area contributed by atoms with Gasteiger partial charge in [0.05, 0.1) is 5.41 Å². The van der Waals surface area contributed by atoms with Gasteiger partial charge in [-0.25, -0.2) is 0 Å². The zero-order chi connectivity index (χ0) is 17.3. The van der Waals surface area contributed by atoms with E-state index in [-0.39, 0.29) is 5.97 Å². The van der Waals surface area contributed by atoms with Gasteiger partial charge in [0.15, 0.2) is 0 Å². The van der Waals surface area contributed by atoms with Crippen LogP contribution < -0.4 is 0 Å². The largest absolute Gasteiger partial charge is 0.460 e. The fourth-order valence-electron chi connectivity index (χ4n) is 2.85. The summed E-state index contributed by atoms with van der Waals surface area (Å²) in [6.45, 7) is 7.44. The Labute approximate surface area is 142 Å². The van der Waals surface area contributed by atoms with Crippen LogP contribution in [0.5, 0.6) is 0 Å². The zero-order valence-electron chi connectivity index (χ0n) is 14.1. The molecule has 4 heteroatoms. The first-order valence-corrected chi connectivity index (χ1v) is 8.19. The summed E-state index contributed by atoms with van der Waals surface area (Å²) in [6, 6.07) is 7.45. The minimum Gasteiger partial charge on any atom is -0.460 e. The smallest absolute Gasteiger partial charge is 0.312 e. The Morgan fingerprint density at radius 2 is 1.87 bits per heavy atom. The molecule has 0 aliphatic heterocycles. The molecular weight excluding hydrogens is 312 g/mol. The van der Waals surface area contributed by atoms with Gasteiger partial charge in [-0.2, -0.15) is 0 Å². The van der Waals surface area contributed by atoms with E-state index >= 15 is 0 Å². The molecule has 1 aromatic rings. The summed E-state index contributed by atoms with van der Waals surface area (Å²) in [5.74, 6) is -0.237. The van der Waals surface area contributed by atoms with Crippen molar-refractivity contribution in [2.75, 3.05) is 0 Å². The van der Waals surface area contributed by atoms with Gasteiger partial charge in [-0.1, -0.05) is 23.7 Å². The molecule has 0 saturated heterocycles. The minimum absolute atomic E-state index is 0.237. The number of ether oxygens (including phenoxy) is 1. The van der Waals surface area contributed by atoms with E-state index in [0.717, 1.165) is 17.4 Å². The van der Waals surface area contributed by atoms with Gasteiger partial charge in [0.1, 0.15) is 11.9 Å². The molecule has 0 spiro atoms. The van der Waals surface area contributed by atoms with E-state index in [0.29, 0.717) is 29.9 Å². The highest BCUT2D eigenvalue weighted by molar-refractivity contribution is 6.30. The van der Waals surface area contributed by atoms with Crippen molar-refractivity contribution in [2.45, 2.75) is 52.6 Å². The maximum Gasteiger partial charge on any atom is 0.312 e. The average Bonchev–Trinajstić information content (AvgIpc) is 2.46. The first-order valence-electron chi connectivity index (χ1n) is 7.81. The van der Waals surface area contributed by atoms with Crippen LogP contribution in [0.4, 0.5) is 0 Å². The van der Waals surface area contributed by atoms with Gasteiger partial charge >= 0.3 is 5.97 Å². The second kappa shape index (κ2) is 6.48. The number of aldehydes is 1. The molecule has 1 aliphatic carbocycles. The molecule has 1 aliphatic rings. The summed E-state index contributed by atoms with van der Waals surface area (Å²) in [7, 11) is 0. The first kappa shape index (κ1) is 17.7. The fourth-order valence-corrected chi connectivity index (χ4v) is 2.97. The van der Waals surface area contributed by atoms with E-state index in [2.05, 4.69) is 0 Å². The molecule has 0 amide bonds. The van der Waals surface area contributed by atoms with Crippen molar-refractivity contribution in [1.29, 1.82) is 0 Å². The third kappa shape index (κ3) is 4.23. The number of hydrogen-bond acceptors (Lipinski definition) is 3. The molecule has 124 valence electrons. The topological polar surface area (TPSA) is 43.4 Å². The Kier molecular flexibility index (Phi) is 5.00. The molecule has 0 N–H and O–H groups in total. The van der Waals surface area contributed by atoms with Crippen molar-refractivity contribution < 1.29 is 14.3 Å². The van der Waals surface area contributed by atoms with Gasteiger partial charge in [0, 0.05) is 5.02 Å². The number of allylic oxidation sites excluding steroid dienone is 2. The van der Waals surface area contributed by atoms with E-state index in [1.54, 1.807) is 0 Å². The molecule has 0 unspecified atom stereocenters. The molecule has 0 fully saturated rings. The van der Waals surface area contributed by atoms with Crippen LogP contribution in [-0.2, 0) is 14.3 Å². The highest BCUT2D eigenvalue weighted by Crippen LogP contribution is 2.43. The second-order valence-electron chi connectivity index (χ2n) is 7.37. The lowest BCUT2D eigenvalue weighted by molar-refractivity contribution is -0.167. The Bertz CT molecular complexity index is 638. The van der Waals surface area contributed by atoms with Gasteiger partial charge in [0.25, 0.3) is 0 Å². The SMILES string of the molecule is CC(C)(C)OC(=O)[C@]1(C)CCC(c2ccc(Cl)cc2)=C(C=O)C1. The van der Waals surface area contributed by atoms with Crippen LogP contribution in [0.25, 0.3) is 5.57 Å². The van der Waals surface area contributed by atoms with Crippen LogP contribution in [0.3, 0.4) is 0 Å². The molecule has 0 heterocycles. The number of halogens is 1. The molecule has 0 aromatic heterocycles. The third-order valence-electron chi connectivity index (χ3n) is 4.12. The lowest BCUT2D eigenvalue weighted by Gasteiger charge is -2.35. The maximum absolute atomic E-state index is 12.5. The Morgan fingerprint density at radius 1 is 1.26 bits per heavy atom. The molecule has 3 nitrogen and oxygen atoms in total. The number of benzene rings is 1. The number of rotatable bonds is 3. The highest BCUT2D eigenvalue weighted by Gasteiger charge is 2.40. The molecule has 23 heavy (non-hydrogen) atoms. The van der Waals surface area contributed by atoms with Gasteiger partial charge < -0.3 is 4.74 Å². The van der Waals surface area contributed by atoms with Crippen molar-refractivity contribution in [3.8, 4) is 0 Å². The molecule has 0 saturated carbocycles. The van der Waals surface area contributed by atoms with E-state index in [1.165, 1.54) is 0 Å². The normalized spacial score (nSPS) is 22.0. The molecule has 0 bridgehead atoms. The van der Waals surface area contributed by atoms with E-state index in [4.69, 9.17) is 16.3 Å². The van der Waals surface area contributed by atoms with Crippen LogP contribution in [-0.4, -0.2) is 17.9 Å². The summed E-state index contributed by atoms with van der Waals surface area (Å²) < 4.78 is 5.53. The van der Waals surface area contributed by atoms with Crippen molar-refractivity contribution in [3.63, 3.8) is 0 Å². The van der Waals surface area contributed by atoms with Crippen LogP contribution >= 0.6 is 11.6 Å². The van der Waals surface area contributed by atoms with Gasteiger partial charge in [-0.15, -0.1) is 0 Å². The van der Waals surface area contributed by atoms with Crippen LogP contribution in [0.1, 0.15) is 52.5 Å². The summed E-state index contributed by atoms with van der Waals surface area (Å²) >= 11 is 5.92. The van der Waals surface area contributed by atoms with E-state index < -0.39 is 11.0 Å². The molecule has 0 radical (unpaired) electrons. The Morgan fingerprint density at radius 3 is 2.39 bits per heavy atom. The number of carbonyl (C=O) groups is 2. The number of hydrogen-bond donors (Lipinski definition) is 0. The number of esters is 1. The van der Waals surface area contributed by atoms with Crippen LogP contribution in [0, 0.1) is 5.41 Å². The first-order chi connectivity index (χ1) is 10.6. The summed E-state index contributed by atoms with van der Waals surface area (Å²) in [4.78, 5) is 24.1. The molecule has 1 atom stereocenters. The Hall–Kier alpha value is -1.61. The van der Waals surface area contributed by atoms with Gasteiger partial charge in [-0.3, -0.25) is 9.59 Å². The quantitative estimate of drug-likeness (QED) is 0.587. The molecular formula is C19H23ClO3. The average molecular weight is 335 g/mol. The van der Waals surface area contributed by atoms with Crippen molar-refractivity contribution in [2.24, 2.45) is 5.41 Å². The summed E-state index contributed by atoms with van der Waals surface area (Å²) in [5.41, 5.74) is 1.48. The lowest BCUT2D eigenvalue weighted by Crippen LogP contribution is -2.37. The second-order valence-corrected chi connectivity index (χ2v) is 7.80. The predicted octanol–water partition coefficient (Wildman–Crippen LogP) is 4.82. The standard InChI is InChI=1S/C19H23ClO3/c1-18(2,3)23-17(22)19(4)10-9-16(14(11-19)12-21)13-5-7-15(20)8-6-13/h5-8,12H,9-11H2,1-4H3/t19-/m1/s1. The number of carbonyl (C=O) groups excluding carboxylic acids is 2. The predicted molar refractivity (Wildman–Crippen MR) is 92.2 cm³/mol. The van der Waals surface area contributed by atoms with Crippen molar-refractivity contribution in [1.82, 2.24) is 0 Å². The molecule has 1 aromatic carbocycles. The fraction of sp³-hybridized carbons (Fsp3) is 0.474. The zero-order valence-corrected chi connectivity index (χ0v) is 14.9. The monoisotopic (exact) mass is 334 g/mol. The van der Waals surface area contributed by atoms with E-state index in [9.17, 15) is 9.59 Å². The van der Waals surface area contributed by atoms with E-state index in [1.807, 2.05) is 52.0 Å². The lowest BCUT2D eigenvalue weighted by atomic mass is 9.72. The van der Waals surface area contributed by atoms with Crippen molar-refractivity contribution >= 4 is 29.4 Å². The summed E-state index contributed by atoms with van der Waals surface area (Å²) in [6.07, 6.45) is 2.61. The highest BCUT2D eigenvalue weighted by atomic mass is 35.5.